The summed E-state index contributed by atoms with van der Waals surface area (Å²) in [5, 5.41) is 12.6. The summed E-state index contributed by atoms with van der Waals surface area (Å²) in [6, 6.07) is 8.73. The highest BCUT2D eigenvalue weighted by Crippen LogP contribution is 2.28. The van der Waals surface area contributed by atoms with Gasteiger partial charge in [-0.2, -0.15) is 0 Å². The van der Waals surface area contributed by atoms with E-state index in [1.165, 1.54) is 11.1 Å². The van der Waals surface area contributed by atoms with Crippen molar-refractivity contribution in [3.05, 3.63) is 35.4 Å². The van der Waals surface area contributed by atoms with Crippen molar-refractivity contribution in [3.63, 3.8) is 0 Å². The minimum Gasteiger partial charge on any atom is -0.396 e. The van der Waals surface area contributed by atoms with Crippen LogP contribution in [0.4, 0.5) is 4.79 Å². The van der Waals surface area contributed by atoms with Crippen LogP contribution in [0.15, 0.2) is 24.3 Å². The summed E-state index contributed by atoms with van der Waals surface area (Å²) in [5.41, 5.74) is 2.42. The van der Waals surface area contributed by atoms with Gasteiger partial charge in [-0.15, -0.1) is 0 Å². The Morgan fingerprint density at radius 1 is 1.29 bits per heavy atom. The molecule has 2 atom stereocenters. The first-order chi connectivity index (χ1) is 11.3. The second kappa shape index (κ2) is 8.02. The first-order valence-electron chi connectivity index (χ1n) is 9.08. The molecule has 1 fully saturated rings. The Morgan fingerprint density at radius 3 is 2.54 bits per heavy atom. The molecule has 1 saturated heterocycles. The van der Waals surface area contributed by atoms with E-state index in [0.29, 0.717) is 12.5 Å². The summed E-state index contributed by atoms with van der Waals surface area (Å²) in [5.74, 6) is 0.538. The number of amides is 2. The Kier molecular flexibility index (Phi) is 6.27. The second-order valence-electron chi connectivity index (χ2n) is 7.94. The minimum absolute atomic E-state index is 0.0133. The van der Waals surface area contributed by atoms with Crippen molar-refractivity contribution in [3.8, 4) is 0 Å². The molecule has 2 unspecified atom stereocenters. The molecule has 1 aromatic carbocycles. The second-order valence-corrected chi connectivity index (χ2v) is 7.94. The average Bonchev–Trinajstić information content (AvgIpc) is 2.55. The zero-order valence-corrected chi connectivity index (χ0v) is 15.5. The number of benzene rings is 1. The van der Waals surface area contributed by atoms with Gasteiger partial charge in [-0.05, 0) is 43.2 Å². The summed E-state index contributed by atoms with van der Waals surface area (Å²) in [6.07, 6.45) is 2.76. The maximum absolute atomic E-state index is 12.5. The molecule has 0 aromatic heterocycles. The molecule has 1 aromatic rings. The van der Waals surface area contributed by atoms with Gasteiger partial charge < -0.3 is 15.3 Å². The Morgan fingerprint density at radius 2 is 1.96 bits per heavy atom. The van der Waals surface area contributed by atoms with Crippen molar-refractivity contribution in [1.82, 2.24) is 10.2 Å². The van der Waals surface area contributed by atoms with Gasteiger partial charge >= 0.3 is 6.03 Å². The number of carbonyl (C=O) groups is 1. The van der Waals surface area contributed by atoms with Crippen molar-refractivity contribution in [1.29, 1.82) is 0 Å². The average molecular weight is 332 g/mol. The number of piperidine rings is 1. The highest BCUT2D eigenvalue weighted by atomic mass is 16.3. The van der Waals surface area contributed by atoms with E-state index in [4.69, 9.17) is 0 Å². The van der Waals surface area contributed by atoms with E-state index < -0.39 is 0 Å². The smallest absolute Gasteiger partial charge is 0.317 e. The highest BCUT2D eigenvalue weighted by molar-refractivity contribution is 5.74. The Hall–Kier alpha value is -1.55. The van der Waals surface area contributed by atoms with Gasteiger partial charge in [-0.1, -0.05) is 45.0 Å². The van der Waals surface area contributed by atoms with Gasteiger partial charge in [-0.25, -0.2) is 4.79 Å². The van der Waals surface area contributed by atoms with Crippen molar-refractivity contribution >= 4 is 6.03 Å². The fraction of sp³-hybridized carbons (Fsp3) is 0.650. The molecule has 4 heteroatoms. The monoisotopic (exact) mass is 332 g/mol. The molecule has 1 heterocycles. The van der Waals surface area contributed by atoms with E-state index in [1.54, 1.807) is 0 Å². The van der Waals surface area contributed by atoms with Crippen LogP contribution in [0, 0.1) is 5.41 Å². The van der Waals surface area contributed by atoms with Crippen molar-refractivity contribution < 1.29 is 9.90 Å². The van der Waals surface area contributed by atoms with Crippen molar-refractivity contribution in [2.45, 2.75) is 58.9 Å². The van der Waals surface area contributed by atoms with Crippen LogP contribution in [-0.2, 0) is 6.42 Å². The first kappa shape index (κ1) is 18.8. The van der Waals surface area contributed by atoms with Crippen molar-refractivity contribution in [2.75, 3.05) is 19.7 Å². The molecular formula is C20H32N2O2. The number of likely N-dealkylation sites (tertiary alicyclic amines) is 1. The quantitative estimate of drug-likeness (QED) is 0.866. The number of hydrogen-bond donors (Lipinski definition) is 2. The molecule has 2 amide bonds. The normalized spacial score (nSPS) is 22.5. The summed E-state index contributed by atoms with van der Waals surface area (Å²) >= 11 is 0. The fourth-order valence-corrected chi connectivity index (χ4v) is 3.36. The number of rotatable bonds is 5. The number of aliphatic hydroxyl groups is 1. The third kappa shape index (κ3) is 4.97. The van der Waals surface area contributed by atoms with Crippen LogP contribution in [-0.4, -0.2) is 41.8 Å². The van der Waals surface area contributed by atoms with Gasteiger partial charge in [0.1, 0.15) is 0 Å². The van der Waals surface area contributed by atoms with E-state index in [0.717, 1.165) is 25.8 Å². The van der Waals surface area contributed by atoms with E-state index in [9.17, 15) is 9.90 Å². The summed E-state index contributed by atoms with van der Waals surface area (Å²) in [6.45, 7) is 10.0. The maximum Gasteiger partial charge on any atom is 0.317 e. The lowest BCUT2D eigenvalue weighted by Gasteiger charge is -2.39. The standard InChI is InChI=1S/C20H32N2O2/c1-15(2)18-8-6-17(7-9-18)12-16(3)21-19(24)22-11-5-10-20(4,13-22)14-23/h6-9,15-16,23H,5,10-14H2,1-4H3,(H,21,24). The van der Waals surface area contributed by atoms with Gasteiger partial charge in [0, 0.05) is 24.5 Å². The molecule has 1 aliphatic rings. The number of urea groups is 1. The van der Waals surface area contributed by atoms with Gasteiger partial charge in [0.2, 0.25) is 0 Å². The zero-order valence-electron chi connectivity index (χ0n) is 15.5. The van der Waals surface area contributed by atoms with Crippen molar-refractivity contribution in [2.24, 2.45) is 5.41 Å². The van der Waals surface area contributed by atoms with Crippen LogP contribution in [0.2, 0.25) is 0 Å². The Bertz CT molecular complexity index is 541. The molecular weight excluding hydrogens is 300 g/mol. The van der Waals surface area contributed by atoms with Gasteiger partial charge in [0.15, 0.2) is 0 Å². The van der Waals surface area contributed by atoms with Crippen LogP contribution in [0.25, 0.3) is 0 Å². The predicted molar refractivity (Wildman–Crippen MR) is 98.2 cm³/mol. The molecule has 1 aliphatic heterocycles. The van der Waals surface area contributed by atoms with E-state index >= 15 is 0 Å². The van der Waals surface area contributed by atoms with Gasteiger partial charge in [0.25, 0.3) is 0 Å². The topological polar surface area (TPSA) is 52.6 Å². The van der Waals surface area contributed by atoms with Crippen LogP contribution in [0.1, 0.15) is 57.6 Å². The number of hydrogen-bond acceptors (Lipinski definition) is 2. The lowest BCUT2D eigenvalue weighted by Crippen LogP contribution is -2.51. The van der Waals surface area contributed by atoms with E-state index in [1.807, 2.05) is 18.7 Å². The predicted octanol–water partition coefficient (Wildman–Crippen LogP) is 3.55. The van der Waals surface area contributed by atoms with Gasteiger partial charge in [0.05, 0.1) is 6.61 Å². The molecule has 2 rings (SSSR count). The lowest BCUT2D eigenvalue weighted by molar-refractivity contribution is 0.0609. The number of nitrogens with one attached hydrogen (secondary N) is 1. The maximum atomic E-state index is 12.5. The number of carbonyl (C=O) groups excluding carboxylic acids is 1. The molecule has 0 spiro atoms. The first-order valence-corrected chi connectivity index (χ1v) is 9.08. The molecule has 134 valence electrons. The molecule has 24 heavy (non-hydrogen) atoms. The van der Waals surface area contributed by atoms with E-state index in [2.05, 4.69) is 43.4 Å². The van der Waals surface area contributed by atoms with Crippen LogP contribution in [0.5, 0.6) is 0 Å². The Labute approximate surface area is 146 Å². The van der Waals surface area contributed by atoms with Gasteiger partial charge in [-0.3, -0.25) is 0 Å². The summed E-state index contributed by atoms with van der Waals surface area (Å²) < 4.78 is 0. The third-order valence-electron chi connectivity index (χ3n) is 5.01. The lowest BCUT2D eigenvalue weighted by atomic mass is 9.83. The molecule has 2 N–H and O–H groups in total. The minimum atomic E-state index is -0.161. The summed E-state index contributed by atoms with van der Waals surface area (Å²) in [7, 11) is 0. The number of nitrogens with zero attached hydrogens (tertiary/aromatic N) is 1. The highest BCUT2D eigenvalue weighted by Gasteiger charge is 2.32. The van der Waals surface area contributed by atoms with Crippen LogP contribution >= 0.6 is 0 Å². The third-order valence-corrected chi connectivity index (χ3v) is 5.01. The molecule has 0 bridgehead atoms. The number of aliphatic hydroxyl groups excluding tert-OH is 1. The molecule has 0 aliphatic carbocycles. The molecule has 0 radical (unpaired) electrons. The van der Waals surface area contributed by atoms with Crippen LogP contribution in [0.3, 0.4) is 0 Å². The van der Waals surface area contributed by atoms with Crippen LogP contribution < -0.4 is 5.32 Å². The fourth-order valence-electron chi connectivity index (χ4n) is 3.36. The molecule has 4 nitrogen and oxygen atoms in total. The summed E-state index contributed by atoms with van der Waals surface area (Å²) in [4.78, 5) is 14.3. The molecule has 0 saturated carbocycles. The Balaban J connectivity index is 1.87. The van der Waals surface area contributed by atoms with E-state index in [-0.39, 0.29) is 24.1 Å². The SMILES string of the molecule is CC(Cc1ccc(C(C)C)cc1)NC(=O)N1CCCC(C)(CO)C1. The largest absolute Gasteiger partial charge is 0.396 e. The zero-order chi connectivity index (χ0) is 17.7.